The molecule has 0 heterocycles. The van der Waals surface area contributed by atoms with E-state index in [0.29, 0.717) is 21.5 Å². The SMILES string of the molecule is COc1cc(/C=N\NS(=O)(=O)c2ccc(C)cc2)cc(Br)c1OCc1ccc(F)cc1. The molecule has 31 heavy (non-hydrogen) atoms. The first kappa shape index (κ1) is 22.8. The third-order valence-electron chi connectivity index (χ3n) is 4.27. The zero-order chi connectivity index (χ0) is 22.4. The molecule has 3 rings (SSSR count). The number of halogens is 2. The molecular weight excluding hydrogens is 487 g/mol. The summed E-state index contributed by atoms with van der Waals surface area (Å²) >= 11 is 3.43. The van der Waals surface area contributed by atoms with Gasteiger partial charge in [-0.25, -0.2) is 9.22 Å². The van der Waals surface area contributed by atoms with Crippen LogP contribution in [0, 0.1) is 12.7 Å². The summed E-state index contributed by atoms with van der Waals surface area (Å²) in [6.45, 7) is 2.10. The van der Waals surface area contributed by atoms with Crippen LogP contribution in [0.25, 0.3) is 0 Å². The highest BCUT2D eigenvalue weighted by molar-refractivity contribution is 9.10. The number of aryl methyl sites for hydroxylation is 1. The van der Waals surface area contributed by atoms with E-state index in [1.54, 1.807) is 36.4 Å². The highest BCUT2D eigenvalue weighted by atomic mass is 79.9. The van der Waals surface area contributed by atoms with E-state index < -0.39 is 10.0 Å². The van der Waals surface area contributed by atoms with Gasteiger partial charge in [-0.05, 0) is 70.4 Å². The predicted octanol–water partition coefficient (Wildman–Crippen LogP) is 4.80. The first-order valence-corrected chi connectivity index (χ1v) is 11.4. The fourth-order valence-corrected chi connectivity index (χ4v) is 4.00. The third kappa shape index (κ3) is 6.05. The van der Waals surface area contributed by atoms with Crippen molar-refractivity contribution in [1.29, 1.82) is 0 Å². The number of benzene rings is 3. The fraction of sp³-hybridized carbons (Fsp3) is 0.136. The maximum absolute atomic E-state index is 13.0. The van der Waals surface area contributed by atoms with Gasteiger partial charge in [-0.15, -0.1) is 0 Å². The minimum Gasteiger partial charge on any atom is -0.493 e. The van der Waals surface area contributed by atoms with Gasteiger partial charge in [-0.2, -0.15) is 13.5 Å². The molecule has 6 nitrogen and oxygen atoms in total. The maximum Gasteiger partial charge on any atom is 0.276 e. The van der Waals surface area contributed by atoms with Gasteiger partial charge in [-0.3, -0.25) is 0 Å². The molecule has 1 N–H and O–H groups in total. The van der Waals surface area contributed by atoms with Gasteiger partial charge < -0.3 is 9.47 Å². The monoisotopic (exact) mass is 506 g/mol. The van der Waals surface area contributed by atoms with Gasteiger partial charge in [0.25, 0.3) is 10.0 Å². The van der Waals surface area contributed by atoms with E-state index in [-0.39, 0.29) is 17.3 Å². The molecule has 9 heteroatoms. The van der Waals surface area contributed by atoms with E-state index in [4.69, 9.17) is 9.47 Å². The van der Waals surface area contributed by atoms with Crippen molar-refractivity contribution >= 4 is 32.2 Å². The standard InChI is InChI=1S/C22H20BrFN2O4S/c1-15-3-9-19(10-4-15)31(27,28)26-25-13-17-11-20(23)22(21(12-17)29-2)30-14-16-5-7-18(24)8-6-16/h3-13,26H,14H2,1-2H3/b25-13-. The average molecular weight is 507 g/mol. The van der Waals surface area contributed by atoms with Gasteiger partial charge in [0.15, 0.2) is 11.5 Å². The van der Waals surface area contributed by atoms with Gasteiger partial charge in [0.2, 0.25) is 0 Å². The third-order valence-corrected chi connectivity index (χ3v) is 6.09. The molecule has 162 valence electrons. The molecule has 0 atom stereocenters. The minimum absolute atomic E-state index is 0.124. The van der Waals surface area contributed by atoms with Crippen molar-refractivity contribution < 1.29 is 22.3 Å². The Bertz CT molecular complexity index is 1180. The van der Waals surface area contributed by atoms with Crippen LogP contribution >= 0.6 is 15.9 Å². The summed E-state index contributed by atoms with van der Waals surface area (Å²) in [4.78, 5) is 2.31. The van der Waals surface area contributed by atoms with Crippen LogP contribution in [0.5, 0.6) is 11.5 Å². The van der Waals surface area contributed by atoms with Gasteiger partial charge >= 0.3 is 0 Å². The molecule has 0 spiro atoms. The number of nitrogens with zero attached hydrogens (tertiary/aromatic N) is 1. The molecular formula is C22H20BrFN2O4S. The van der Waals surface area contributed by atoms with Crippen LogP contribution in [-0.4, -0.2) is 21.7 Å². The van der Waals surface area contributed by atoms with E-state index in [0.717, 1.165) is 11.1 Å². The fourth-order valence-electron chi connectivity index (χ4n) is 2.63. The second kappa shape index (κ2) is 9.93. The number of rotatable bonds is 8. The summed E-state index contributed by atoms with van der Waals surface area (Å²) in [5, 5.41) is 3.84. The van der Waals surface area contributed by atoms with Crippen LogP contribution in [0.3, 0.4) is 0 Å². The second-order valence-corrected chi connectivity index (χ2v) is 9.13. The highest BCUT2D eigenvalue weighted by Crippen LogP contribution is 2.36. The zero-order valence-electron chi connectivity index (χ0n) is 16.8. The molecule has 0 fully saturated rings. The number of ether oxygens (including phenoxy) is 2. The molecule has 0 aliphatic heterocycles. The Morgan fingerprint density at radius 2 is 1.77 bits per heavy atom. The van der Waals surface area contributed by atoms with Crippen molar-refractivity contribution in [1.82, 2.24) is 4.83 Å². The molecule has 0 saturated carbocycles. The van der Waals surface area contributed by atoms with E-state index >= 15 is 0 Å². The van der Waals surface area contributed by atoms with Crippen LogP contribution in [0.1, 0.15) is 16.7 Å². The smallest absolute Gasteiger partial charge is 0.276 e. The summed E-state index contributed by atoms with van der Waals surface area (Å²) in [5.74, 6) is 0.577. The summed E-state index contributed by atoms with van der Waals surface area (Å²) in [5.41, 5.74) is 2.34. The number of hydrogen-bond donors (Lipinski definition) is 1. The highest BCUT2D eigenvalue weighted by Gasteiger charge is 2.13. The number of hydrazone groups is 1. The average Bonchev–Trinajstić information content (AvgIpc) is 2.74. The van der Waals surface area contributed by atoms with E-state index in [9.17, 15) is 12.8 Å². The molecule has 0 bridgehead atoms. The van der Waals surface area contributed by atoms with Crippen molar-refractivity contribution in [3.63, 3.8) is 0 Å². The van der Waals surface area contributed by atoms with Crippen LogP contribution in [0.15, 0.2) is 75.1 Å². The molecule has 0 saturated heterocycles. The molecule has 0 aliphatic rings. The van der Waals surface area contributed by atoms with Crippen LogP contribution in [0.4, 0.5) is 4.39 Å². The van der Waals surface area contributed by atoms with Gasteiger partial charge in [-0.1, -0.05) is 29.8 Å². The lowest BCUT2D eigenvalue weighted by atomic mass is 10.2. The maximum atomic E-state index is 13.0. The molecule has 0 aromatic heterocycles. The Morgan fingerprint density at radius 3 is 2.42 bits per heavy atom. The normalized spacial score (nSPS) is 11.5. The summed E-state index contributed by atoms with van der Waals surface area (Å²) < 4.78 is 49.5. The van der Waals surface area contributed by atoms with Gasteiger partial charge in [0.05, 0.1) is 22.7 Å². The van der Waals surface area contributed by atoms with Crippen molar-refractivity contribution in [3.05, 3.63) is 87.6 Å². The van der Waals surface area contributed by atoms with Crippen molar-refractivity contribution in [2.24, 2.45) is 5.10 Å². The molecule has 0 radical (unpaired) electrons. The number of nitrogens with one attached hydrogen (secondary N) is 1. The Kier molecular flexibility index (Phi) is 7.29. The number of sulfonamides is 1. The Morgan fingerprint density at radius 1 is 1.10 bits per heavy atom. The molecule has 0 aliphatic carbocycles. The molecule has 3 aromatic carbocycles. The lowest BCUT2D eigenvalue weighted by Crippen LogP contribution is -2.18. The van der Waals surface area contributed by atoms with Crippen LogP contribution in [0.2, 0.25) is 0 Å². The molecule has 0 unspecified atom stereocenters. The topological polar surface area (TPSA) is 77.0 Å². The van der Waals surface area contributed by atoms with Crippen molar-refractivity contribution in [3.8, 4) is 11.5 Å². The summed E-state index contributed by atoms with van der Waals surface area (Å²) in [7, 11) is -2.27. The van der Waals surface area contributed by atoms with Crippen molar-refractivity contribution in [2.45, 2.75) is 18.4 Å². The largest absolute Gasteiger partial charge is 0.493 e. The zero-order valence-corrected chi connectivity index (χ0v) is 19.2. The Hall–Kier alpha value is -2.91. The summed E-state index contributed by atoms with van der Waals surface area (Å²) in [6.07, 6.45) is 1.36. The van der Waals surface area contributed by atoms with Crippen LogP contribution < -0.4 is 14.3 Å². The first-order chi connectivity index (χ1) is 14.8. The molecule has 0 amide bonds. The van der Waals surface area contributed by atoms with E-state index in [1.807, 2.05) is 6.92 Å². The van der Waals surface area contributed by atoms with E-state index in [2.05, 4.69) is 25.9 Å². The summed E-state index contributed by atoms with van der Waals surface area (Å²) in [6, 6.07) is 15.8. The van der Waals surface area contributed by atoms with Gasteiger partial charge in [0, 0.05) is 0 Å². The first-order valence-electron chi connectivity index (χ1n) is 9.15. The second-order valence-electron chi connectivity index (χ2n) is 6.62. The predicted molar refractivity (Wildman–Crippen MR) is 121 cm³/mol. The number of methoxy groups -OCH3 is 1. The lowest BCUT2D eigenvalue weighted by molar-refractivity contribution is 0.282. The Balaban J connectivity index is 1.72. The quantitative estimate of drug-likeness (QED) is 0.351. The van der Waals surface area contributed by atoms with Crippen LogP contribution in [-0.2, 0) is 16.6 Å². The molecule has 3 aromatic rings. The van der Waals surface area contributed by atoms with E-state index in [1.165, 1.54) is 37.6 Å². The number of hydrogen-bond acceptors (Lipinski definition) is 5. The minimum atomic E-state index is -3.77. The van der Waals surface area contributed by atoms with Gasteiger partial charge in [0.1, 0.15) is 12.4 Å². The van der Waals surface area contributed by atoms with Crippen molar-refractivity contribution in [2.75, 3.05) is 7.11 Å². The Labute approximate surface area is 188 Å². The lowest BCUT2D eigenvalue weighted by Gasteiger charge is -2.13.